The van der Waals surface area contributed by atoms with Gasteiger partial charge in [-0.3, -0.25) is 14.5 Å². The van der Waals surface area contributed by atoms with E-state index in [0.717, 1.165) is 19.3 Å². The molecule has 0 aromatic heterocycles. The topological polar surface area (TPSA) is 69.6 Å². The first-order chi connectivity index (χ1) is 10.1. The van der Waals surface area contributed by atoms with E-state index in [1.165, 1.54) is 19.3 Å². The molecule has 2 bridgehead atoms. The summed E-state index contributed by atoms with van der Waals surface area (Å²) >= 11 is 0. The SMILES string of the molecule is CC1CCCCC1NC(=O)CN1C2CCC1C(C(=O)O)C2. The zero-order valence-electron chi connectivity index (χ0n) is 12.8. The summed E-state index contributed by atoms with van der Waals surface area (Å²) in [7, 11) is 0. The Morgan fingerprint density at radius 1 is 1.19 bits per heavy atom. The van der Waals surface area contributed by atoms with E-state index in [2.05, 4.69) is 17.1 Å². The molecule has 5 heteroatoms. The number of amides is 1. The number of carbonyl (C=O) groups excluding carboxylic acids is 1. The molecular weight excluding hydrogens is 268 g/mol. The summed E-state index contributed by atoms with van der Waals surface area (Å²) in [5, 5.41) is 12.4. The molecule has 0 aromatic rings. The largest absolute Gasteiger partial charge is 0.481 e. The Morgan fingerprint density at radius 2 is 1.95 bits per heavy atom. The fourth-order valence-electron chi connectivity index (χ4n) is 4.56. The first kappa shape index (κ1) is 14.8. The second-order valence-electron chi connectivity index (χ2n) is 7.09. The van der Waals surface area contributed by atoms with Gasteiger partial charge in [0.1, 0.15) is 0 Å². The van der Waals surface area contributed by atoms with Crippen LogP contribution in [-0.2, 0) is 9.59 Å². The van der Waals surface area contributed by atoms with Crippen molar-refractivity contribution < 1.29 is 14.7 Å². The molecule has 0 spiro atoms. The Morgan fingerprint density at radius 3 is 2.62 bits per heavy atom. The molecule has 5 unspecified atom stereocenters. The molecule has 3 aliphatic rings. The van der Waals surface area contributed by atoms with Gasteiger partial charge in [0.05, 0.1) is 12.5 Å². The number of aliphatic carboxylic acids is 1. The van der Waals surface area contributed by atoms with Crippen molar-refractivity contribution in [2.45, 2.75) is 70.0 Å². The molecule has 2 N–H and O–H groups in total. The zero-order valence-corrected chi connectivity index (χ0v) is 12.8. The zero-order chi connectivity index (χ0) is 15.0. The van der Waals surface area contributed by atoms with Crippen LogP contribution in [0.3, 0.4) is 0 Å². The summed E-state index contributed by atoms with van der Waals surface area (Å²) in [5.41, 5.74) is 0. The van der Waals surface area contributed by atoms with Crippen LogP contribution in [0.1, 0.15) is 51.9 Å². The van der Waals surface area contributed by atoms with E-state index in [9.17, 15) is 14.7 Å². The molecule has 5 nitrogen and oxygen atoms in total. The fraction of sp³-hybridized carbons (Fsp3) is 0.875. The predicted molar refractivity (Wildman–Crippen MR) is 78.8 cm³/mol. The van der Waals surface area contributed by atoms with Crippen LogP contribution in [0.2, 0.25) is 0 Å². The van der Waals surface area contributed by atoms with Gasteiger partial charge < -0.3 is 10.4 Å². The van der Waals surface area contributed by atoms with Crippen LogP contribution in [0.15, 0.2) is 0 Å². The van der Waals surface area contributed by atoms with Gasteiger partial charge in [0.2, 0.25) is 5.91 Å². The van der Waals surface area contributed by atoms with E-state index in [1.807, 2.05) is 0 Å². The van der Waals surface area contributed by atoms with E-state index in [-0.39, 0.29) is 17.9 Å². The van der Waals surface area contributed by atoms with Crippen molar-refractivity contribution in [3.8, 4) is 0 Å². The Hall–Kier alpha value is -1.10. The second-order valence-corrected chi connectivity index (χ2v) is 7.09. The lowest BCUT2D eigenvalue weighted by Crippen LogP contribution is -2.47. The van der Waals surface area contributed by atoms with Crippen LogP contribution in [0, 0.1) is 11.8 Å². The molecule has 0 aromatic carbocycles. The maximum Gasteiger partial charge on any atom is 0.308 e. The minimum atomic E-state index is -0.700. The smallest absolute Gasteiger partial charge is 0.308 e. The van der Waals surface area contributed by atoms with Gasteiger partial charge in [-0.1, -0.05) is 19.8 Å². The van der Waals surface area contributed by atoms with E-state index in [0.29, 0.717) is 31.0 Å². The number of hydrogen-bond donors (Lipinski definition) is 2. The molecule has 3 rings (SSSR count). The standard InChI is InChI=1S/C16H26N2O3/c1-10-4-2-3-5-13(10)17-15(19)9-18-11-6-7-14(18)12(8-11)16(20)21/h10-14H,2-9H2,1H3,(H,17,19)(H,20,21). The number of carboxylic acid groups (broad SMARTS) is 1. The number of nitrogens with one attached hydrogen (secondary N) is 1. The van der Waals surface area contributed by atoms with Crippen molar-refractivity contribution in [2.24, 2.45) is 11.8 Å². The number of rotatable bonds is 4. The third kappa shape index (κ3) is 2.93. The second kappa shape index (κ2) is 5.95. The highest BCUT2D eigenvalue weighted by molar-refractivity contribution is 5.79. The fourth-order valence-corrected chi connectivity index (χ4v) is 4.56. The molecule has 2 aliphatic heterocycles. The van der Waals surface area contributed by atoms with Crippen LogP contribution >= 0.6 is 0 Å². The minimum Gasteiger partial charge on any atom is -0.481 e. The van der Waals surface area contributed by atoms with Crippen LogP contribution in [-0.4, -0.2) is 46.6 Å². The van der Waals surface area contributed by atoms with Crippen LogP contribution in [0.25, 0.3) is 0 Å². The molecule has 0 radical (unpaired) electrons. The normalized spacial score (nSPS) is 39.4. The van der Waals surface area contributed by atoms with Crippen molar-refractivity contribution in [1.29, 1.82) is 0 Å². The lowest BCUT2D eigenvalue weighted by atomic mass is 9.86. The Balaban J connectivity index is 1.54. The monoisotopic (exact) mass is 294 g/mol. The molecule has 1 amide bonds. The summed E-state index contributed by atoms with van der Waals surface area (Å²) in [6.07, 6.45) is 7.43. The Bertz CT molecular complexity index is 426. The van der Waals surface area contributed by atoms with Gasteiger partial charge in [0.15, 0.2) is 0 Å². The molecule has 1 aliphatic carbocycles. The van der Waals surface area contributed by atoms with E-state index < -0.39 is 5.97 Å². The summed E-state index contributed by atoms with van der Waals surface area (Å²) < 4.78 is 0. The summed E-state index contributed by atoms with van der Waals surface area (Å²) in [6, 6.07) is 0.675. The van der Waals surface area contributed by atoms with Crippen molar-refractivity contribution >= 4 is 11.9 Å². The quantitative estimate of drug-likeness (QED) is 0.826. The Labute approximate surface area is 126 Å². The van der Waals surface area contributed by atoms with Crippen LogP contribution in [0.5, 0.6) is 0 Å². The van der Waals surface area contributed by atoms with Gasteiger partial charge >= 0.3 is 5.97 Å². The van der Waals surface area contributed by atoms with Gasteiger partial charge in [0, 0.05) is 18.1 Å². The number of carbonyl (C=O) groups is 2. The maximum atomic E-state index is 12.3. The minimum absolute atomic E-state index is 0.0713. The van der Waals surface area contributed by atoms with Crippen molar-refractivity contribution in [3.05, 3.63) is 0 Å². The summed E-state index contributed by atoms with van der Waals surface area (Å²) in [6.45, 7) is 2.59. The van der Waals surface area contributed by atoms with Gasteiger partial charge in [-0.25, -0.2) is 0 Å². The molecule has 2 saturated heterocycles. The molecule has 1 saturated carbocycles. The highest BCUT2D eigenvalue weighted by Gasteiger charge is 2.49. The third-order valence-corrected chi connectivity index (χ3v) is 5.78. The van der Waals surface area contributed by atoms with Gasteiger partial charge in [-0.15, -0.1) is 0 Å². The lowest BCUT2D eigenvalue weighted by Gasteiger charge is -2.30. The third-order valence-electron chi connectivity index (χ3n) is 5.78. The average Bonchev–Trinajstić information content (AvgIpc) is 2.98. The number of fused-ring (bicyclic) bond motifs is 2. The number of carboxylic acids is 1. The predicted octanol–water partition coefficient (Wildman–Crippen LogP) is 1.62. The number of hydrogen-bond acceptors (Lipinski definition) is 3. The van der Waals surface area contributed by atoms with Gasteiger partial charge in [-0.2, -0.15) is 0 Å². The average molecular weight is 294 g/mol. The molecule has 5 atom stereocenters. The first-order valence-electron chi connectivity index (χ1n) is 8.34. The van der Waals surface area contributed by atoms with Crippen LogP contribution in [0.4, 0.5) is 0 Å². The van der Waals surface area contributed by atoms with Gasteiger partial charge in [0.25, 0.3) is 0 Å². The molecule has 21 heavy (non-hydrogen) atoms. The first-order valence-corrected chi connectivity index (χ1v) is 8.34. The molecular formula is C16H26N2O3. The van der Waals surface area contributed by atoms with Gasteiger partial charge in [-0.05, 0) is 38.0 Å². The van der Waals surface area contributed by atoms with Crippen molar-refractivity contribution in [1.82, 2.24) is 10.2 Å². The van der Waals surface area contributed by atoms with Crippen molar-refractivity contribution in [2.75, 3.05) is 6.54 Å². The summed E-state index contributed by atoms with van der Waals surface area (Å²) in [4.78, 5) is 25.7. The van der Waals surface area contributed by atoms with Crippen molar-refractivity contribution in [3.63, 3.8) is 0 Å². The molecule has 2 heterocycles. The van der Waals surface area contributed by atoms with E-state index in [4.69, 9.17) is 0 Å². The van der Waals surface area contributed by atoms with E-state index in [1.54, 1.807) is 0 Å². The summed E-state index contributed by atoms with van der Waals surface area (Å²) in [5.74, 6) is -0.333. The molecule has 3 fully saturated rings. The van der Waals surface area contributed by atoms with Crippen LogP contribution < -0.4 is 5.32 Å². The highest BCUT2D eigenvalue weighted by atomic mass is 16.4. The Kier molecular flexibility index (Phi) is 4.20. The maximum absolute atomic E-state index is 12.3. The molecule has 118 valence electrons. The highest BCUT2D eigenvalue weighted by Crippen LogP contribution is 2.41. The lowest BCUT2D eigenvalue weighted by molar-refractivity contribution is -0.143. The van der Waals surface area contributed by atoms with E-state index >= 15 is 0 Å². The number of nitrogens with zero attached hydrogens (tertiary/aromatic N) is 1.